The van der Waals surface area contributed by atoms with E-state index in [1.54, 1.807) is 0 Å². The van der Waals surface area contributed by atoms with Gasteiger partial charge in [0.25, 0.3) is 0 Å². The summed E-state index contributed by atoms with van der Waals surface area (Å²) in [5.74, 6) is -0.0550. The fraction of sp³-hybridized carbons (Fsp3) is 0.321. The second-order valence-electron chi connectivity index (χ2n) is 8.69. The molecule has 5 heteroatoms. The SMILES string of the molecule is Cc1ccc(C)c(NC(=O)C(NCc2ccccc2CN2CCOCC2)c2ccccc2)c1. The molecule has 0 spiro atoms. The van der Waals surface area contributed by atoms with Crippen LogP contribution in [0.15, 0.2) is 72.8 Å². The molecular formula is C28H33N3O2. The summed E-state index contributed by atoms with van der Waals surface area (Å²) in [6.07, 6.45) is 0. The minimum Gasteiger partial charge on any atom is -0.379 e. The quantitative estimate of drug-likeness (QED) is 0.534. The van der Waals surface area contributed by atoms with Gasteiger partial charge in [0.2, 0.25) is 5.91 Å². The van der Waals surface area contributed by atoms with Crippen molar-refractivity contribution in [2.24, 2.45) is 0 Å². The molecule has 1 amide bonds. The van der Waals surface area contributed by atoms with Gasteiger partial charge < -0.3 is 10.1 Å². The van der Waals surface area contributed by atoms with Gasteiger partial charge in [-0.3, -0.25) is 15.0 Å². The third-order valence-electron chi connectivity index (χ3n) is 6.16. The lowest BCUT2D eigenvalue weighted by Crippen LogP contribution is -2.36. The number of carbonyl (C=O) groups excluding carboxylic acids is 1. The summed E-state index contributed by atoms with van der Waals surface area (Å²) in [5.41, 5.74) is 6.48. The highest BCUT2D eigenvalue weighted by Crippen LogP contribution is 2.21. The van der Waals surface area contributed by atoms with Crippen molar-refractivity contribution >= 4 is 11.6 Å². The Bertz CT molecular complexity index is 1060. The van der Waals surface area contributed by atoms with Crippen LogP contribution >= 0.6 is 0 Å². The van der Waals surface area contributed by atoms with E-state index in [1.807, 2.05) is 56.3 Å². The summed E-state index contributed by atoms with van der Waals surface area (Å²) in [7, 11) is 0. The number of nitrogens with zero attached hydrogens (tertiary/aromatic N) is 1. The molecule has 0 radical (unpaired) electrons. The number of ether oxygens (including phenoxy) is 1. The number of nitrogens with one attached hydrogen (secondary N) is 2. The van der Waals surface area contributed by atoms with Gasteiger partial charge in [0.1, 0.15) is 6.04 Å². The predicted molar refractivity (Wildman–Crippen MR) is 133 cm³/mol. The highest BCUT2D eigenvalue weighted by atomic mass is 16.5. The van der Waals surface area contributed by atoms with Crippen LogP contribution in [-0.4, -0.2) is 37.1 Å². The molecule has 3 aromatic rings. The van der Waals surface area contributed by atoms with E-state index in [0.717, 1.165) is 55.2 Å². The van der Waals surface area contributed by atoms with E-state index in [4.69, 9.17) is 4.74 Å². The first-order valence-corrected chi connectivity index (χ1v) is 11.6. The van der Waals surface area contributed by atoms with E-state index in [2.05, 4.69) is 45.9 Å². The number of rotatable bonds is 8. The minimum absolute atomic E-state index is 0.0550. The Hall–Kier alpha value is -2.99. The standard InChI is InChI=1S/C28H33N3O2/c1-21-12-13-22(2)26(18-21)30-28(32)27(23-8-4-3-5-9-23)29-19-24-10-6-7-11-25(24)20-31-14-16-33-17-15-31/h3-13,18,27,29H,14-17,19-20H2,1-2H3,(H,30,32). The van der Waals surface area contributed by atoms with Gasteiger partial charge in [0.15, 0.2) is 0 Å². The minimum atomic E-state index is -0.456. The molecule has 1 fully saturated rings. The Kier molecular flexibility index (Phi) is 7.89. The van der Waals surface area contributed by atoms with Crippen LogP contribution in [0.4, 0.5) is 5.69 Å². The van der Waals surface area contributed by atoms with E-state index in [1.165, 1.54) is 11.1 Å². The Morgan fingerprint density at radius 1 is 0.939 bits per heavy atom. The zero-order chi connectivity index (χ0) is 23.0. The zero-order valence-corrected chi connectivity index (χ0v) is 19.5. The maximum Gasteiger partial charge on any atom is 0.246 e. The molecule has 0 aliphatic carbocycles. The molecule has 5 nitrogen and oxygen atoms in total. The number of morpholine rings is 1. The second-order valence-corrected chi connectivity index (χ2v) is 8.69. The van der Waals surface area contributed by atoms with Crippen LogP contribution in [0.3, 0.4) is 0 Å². The average Bonchev–Trinajstić information content (AvgIpc) is 2.84. The van der Waals surface area contributed by atoms with Crippen LogP contribution in [0.25, 0.3) is 0 Å². The topological polar surface area (TPSA) is 53.6 Å². The molecule has 1 aliphatic heterocycles. The summed E-state index contributed by atoms with van der Waals surface area (Å²) < 4.78 is 5.49. The van der Waals surface area contributed by atoms with Gasteiger partial charge in [-0.05, 0) is 47.7 Å². The van der Waals surface area contributed by atoms with Crippen LogP contribution in [0.1, 0.15) is 33.9 Å². The van der Waals surface area contributed by atoms with Crippen molar-refractivity contribution in [1.29, 1.82) is 0 Å². The molecular weight excluding hydrogens is 410 g/mol. The van der Waals surface area contributed by atoms with Crippen molar-refractivity contribution in [2.75, 3.05) is 31.6 Å². The van der Waals surface area contributed by atoms with Crippen molar-refractivity contribution in [3.05, 3.63) is 101 Å². The predicted octanol–water partition coefficient (Wildman–Crippen LogP) is 4.61. The molecule has 1 aliphatic rings. The van der Waals surface area contributed by atoms with Crippen LogP contribution in [0, 0.1) is 13.8 Å². The zero-order valence-electron chi connectivity index (χ0n) is 19.5. The molecule has 1 unspecified atom stereocenters. The maximum atomic E-state index is 13.4. The molecule has 0 aromatic heterocycles. The van der Waals surface area contributed by atoms with E-state index >= 15 is 0 Å². The first-order valence-electron chi connectivity index (χ1n) is 11.6. The molecule has 1 heterocycles. The van der Waals surface area contributed by atoms with E-state index < -0.39 is 6.04 Å². The fourth-order valence-electron chi connectivity index (χ4n) is 4.18. The van der Waals surface area contributed by atoms with Crippen LogP contribution < -0.4 is 10.6 Å². The van der Waals surface area contributed by atoms with Crippen molar-refractivity contribution in [1.82, 2.24) is 10.2 Å². The molecule has 172 valence electrons. The molecule has 33 heavy (non-hydrogen) atoms. The van der Waals surface area contributed by atoms with Crippen LogP contribution in [0.5, 0.6) is 0 Å². The van der Waals surface area contributed by atoms with Crippen molar-refractivity contribution in [3.8, 4) is 0 Å². The summed E-state index contributed by atoms with van der Waals surface area (Å²) in [4.78, 5) is 15.8. The Labute approximate surface area is 196 Å². The Morgan fingerprint density at radius 3 is 2.39 bits per heavy atom. The summed E-state index contributed by atoms with van der Waals surface area (Å²) >= 11 is 0. The van der Waals surface area contributed by atoms with Crippen LogP contribution in [-0.2, 0) is 22.6 Å². The smallest absolute Gasteiger partial charge is 0.246 e. The molecule has 1 atom stereocenters. The largest absolute Gasteiger partial charge is 0.379 e. The third kappa shape index (κ3) is 6.29. The number of amides is 1. The lowest BCUT2D eigenvalue weighted by atomic mass is 10.0. The third-order valence-corrected chi connectivity index (χ3v) is 6.16. The Morgan fingerprint density at radius 2 is 1.64 bits per heavy atom. The normalized spacial score (nSPS) is 15.2. The molecule has 1 saturated heterocycles. The summed E-state index contributed by atoms with van der Waals surface area (Å²) in [6.45, 7) is 9.03. The number of carbonyl (C=O) groups is 1. The summed E-state index contributed by atoms with van der Waals surface area (Å²) in [5, 5.41) is 6.67. The second kappa shape index (κ2) is 11.2. The van der Waals surface area contributed by atoms with Crippen LogP contribution in [0.2, 0.25) is 0 Å². The first-order chi connectivity index (χ1) is 16.1. The van der Waals surface area contributed by atoms with Gasteiger partial charge >= 0.3 is 0 Å². The monoisotopic (exact) mass is 443 g/mol. The highest BCUT2D eigenvalue weighted by Gasteiger charge is 2.21. The lowest BCUT2D eigenvalue weighted by molar-refractivity contribution is -0.118. The van der Waals surface area contributed by atoms with E-state index in [-0.39, 0.29) is 5.91 Å². The van der Waals surface area contributed by atoms with Gasteiger partial charge in [0.05, 0.1) is 13.2 Å². The molecule has 3 aromatic carbocycles. The number of benzene rings is 3. The average molecular weight is 444 g/mol. The Balaban J connectivity index is 1.51. The number of hydrogen-bond donors (Lipinski definition) is 2. The van der Waals surface area contributed by atoms with Crippen molar-refractivity contribution in [2.45, 2.75) is 33.0 Å². The van der Waals surface area contributed by atoms with E-state index in [9.17, 15) is 4.79 Å². The van der Waals surface area contributed by atoms with Gasteiger partial charge in [-0.2, -0.15) is 0 Å². The number of anilines is 1. The lowest BCUT2D eigenvalue weighted by Gasteiger charge is -2.27. The highest BCUT2D eigenvalue weighted by molar-refractivity contribution is 5.96. The van der Waals surface area contributed by atoms with Gasteiger partial charge in [-0.1, -0.05) is 66.7 Å². The maximum absolute atomic E-state index is 13.4. The summed E-state index contributed by atoms with van der Waals surface area (Å²) in [6, 6.07) is 24.1. The molecule has 0 saturated carbocycles. The van der Waals surface area contributed by atoms with Crippen molar-refractivity contribution < 1.29 is 9.53 Å². The molecule has 2 N–H and O–H groups in total. The first kappa shape index (κ1) is 23.2. The molecule has 0 bridgehead atoms. The van der Waals surface area contributed by atoms with Gasteiger partial charge in [-0.15, -0.1) is 0 Å². The number of aryl methyl sites for hydroxylation is 2. The van der Waals surface area contributed by atoms with Crippen molar-refractivity contribution in [3.63, 3.8) is 0 Å². The number of hydrogen-bond acceptors (Lipinski definition) is 4. The molecule has 4 rings (SSSR count). The van der Waals surface area contributed by atoms with Gasteiger partial charge in [-0.25, -0.2) is 0 Å². The fourth-order valence-corrected chi connectivity index (χ4v) is 4.18. The van der Waals surface area contributed by atoms with E-state index in [0.29, 0.717) is 6.54 Å². The van der Waals surface area contributed by atoms with Gasteiger partial charge in [0, 0.05) is 31.9 Å².